The number of amides is 1. The third-order valence-electron chi connectivity index (χ3n) is 2.88. The molecule has 2 unspecified atom stereocenters. The molecule has 2 rings (SSSR count). The Morgan fingerprint density at radius 2 is 2.50 bits per heavy atom. The molecule has 1 saturated heterocycles. The number of nitrogens with one attached hydrogen (secondary N) is 1. The van der Waals surface area contributed by atoms with Gasteiger partial charge in [0.05, 0.1) is 13.1 Å². The van der Waals surface area contributed by atoms with Crippen molar-refractivity contribution in [3.63, 3.8) is 0 Å². The number of carbonyl (C=O) groups is 1. The van der Waals surface area contributed by atoms with E-state index < -0.39 is 0 Å². The first-order valence-corrected chi connectivity index (χ1v) is 5.40. The Morgan fingerprint density at radius 3 is 3.12 bits per heavy atom. The van der Waals surface area contributed by atoms with Gasteiger partial charge in [-0.3, -0.25) is 4.79 Å². The Kier molecular flexibility index (Phi) is 3.14. The number of tetrazole rings is 1. The Balaban J connectivity index is 1.92. The van der Waals surface area contributed by atoms with Crippen molar-refractivity contribution in [2.24, 2.45) is 18.7 Å². The lowest BCUT2D eigenvalue weighted by Crippen LogP contribution is -2.47. The van der Waals surface area contributed by atoms with Gasteiger partial charge in [0.2, 0.25) is 5.91 Å². The van der Waals surface area contributed by atoms with E-state index in [2.05, 4.69) is 20.7 Å². The summed E-state index contributed by atoms with van der Waals surface area (Å²) in [5.41, 5.74) is 5.28. The number of nitrogens with two attached hydrogens (primary N) is 1. The van der Waals surface area contributed by atoms with Gasteiger partial charge < -0.3 is 11.1 Å². The second kappa shape index (κ2) is 4.56. The Bertz CT molecular complexity index is 376. The minimum atomic E-state index is -0.281. The minimum Gasteiger partial charge on any atom is -0.368 e. The summed E-state index contributed by atoms with van der Waals surface area (Å²) in [6.07, 6.45) is 2.54. The van der Waals surface area contributed by atoms with Crippen molar-refractivity contribution in [3.05, 3.63) is 5.82 Å². The van der Waals surface area contributed by atoms with Crippen molar-refractivity contribution in [1.29, 1.82) is 0 Å². The summed E-state index contributed by atoms with van der Waals surface area (Å²) in [5, 5.41) is 15.0. The molecular formula is C9H16N6O. The maximum Gasteiger partial charge on any atom is 0.234 e. The third-order valence-corrected chi connectivity index (χ3v) is 2.88. The second-order valence-electron chi connectivity index (χ2n) is 4.20. The van der Waals surface area contributed by atoms with Crippen LogP contribution in [0.15, 0.2) is 0 Å². The third kappa shape index (κ3) is 2.54. The van der Waals surface area contributed by atoms with E-state index in [1.54, 1.807) is 7.05 Å². The molecule has 1 fully saturated rings. The molecule has 2 heterocycles. The smallest absolute Gasteiger partial charge is 0.234 e. The zero-order valence-corrected chi connectivity index (χ0v) is 9.26. The highest BCUT2D eigenvalue weighted by atomic mass is 16.1. The molecule has 1 amide bonds. The molecule has 2 atom stereocenters. The van der Waals surface area contributed by atoms with E-state index in [-0.39, 0.29) is 11.9 Å². The molecule has 0 bridgehead atoms. The van der Waals surface area contributed by atoms with E-state index in [4.69, 9.17) is 5.73 Å². The number of carbonyl (C=O) groups excluding carboxylic acids is 1. The van der Waals surface area contributed by atoms with Gasteiger partial charge in [0, 0.05) is 6.42 Å². The van der Waals surface area contributed by atoms with Gasteiger partial charge in [-0.2, -0.15) is 4.80 Å². The first-order chi connectivity index (χ1) is 7.65. The molecule has 1 aliphatic rings. The van der Waals surface area contributed by atoms with Crippen LogP contribution >= 0.6 is 0 Å². The predicted molar refractivity (Wildman–Crippen MR) is 56.2 cm³/mol. The van der Waals surface area contributed by atoms with Crippen molar-refractivity contribution >= 4 is 5.91 Å². The van der Waals surface area contributed by atoms with Crippen LogP contribution in [0, 0.1) is 5.92 Å². The molecular weight excluding hydrogens is 208 g/mol. The Morgan fingerprint density at radius 1 is 1.69 bits per heavy atom. The second-order valence-corrected chi connectivity index (χ2v) is 4.20. The average molecular weight is 224 g/mol. The normalized spacial score (nSPS) is 25.6. The predicted octanol–water partition coefficient (Wildman–Crippen LogP) is -1.39. The summed E-state index contributed by atoms with van der Waals surface area (Å²) < 4.78 is 0. The number of aryl methyl sites for hydroxylation is 1. The van der Waals surface area contributed by atoms with Gasteiger partial charge >= 0.3 is 0 Å². The van der Waals surface area contributed by atoms with E-state index >= 15 is 0 Å². The molecule has 1 aromatic heterocycles. The number of aromatic nitrogens is 4. The minimum absolute atomic E-state index is 0.213. The molecule has 0 radical (unpaired) electrons. The quantitative estimate of drug-likeness (QED) is 0.658. The summed E-state index contributed by atoms with van der Waals surface area (Å²) in [6, 6.07) is -0.213. The zero-order chi connectivity index (χ0) is 11.5. The molecule has 7 nitrogen and oxygen atoms in total. The Hall–Kier alpha value is -1.50. The van der Waals surface area contributed by atoms with Crippen LogP contribution in [0.3, 0.4) is 0 Å². The zero-order valence-electron chi connectivity index (χ0n) is 9.26. The number of nitrogens with zero attached hydrogens (tertiary/aromatic N) is 4. The monoisotopic (exact) mass is 224 g/mol. The fourth-order valence-corrected chi connectivity index (χ4v) is 2.06. The van der Waals surface area contributed by atoms with Gasteiger partial charge in [0.25, 0.3) is 0 Å². The molecule has 1 aliphatic heterocycles. The summed E-state index contributed by atoms with van der Waals surface area (Å²) in [7, 11) is 1.74. The fourth-order valence-electron chi connectivity index (χ4n) is 2.06. The summed E-state index contributed by atoms with van der Waals surface area (Å²) in [6.45, 7) is 0.818. The van der Waals surface area contributed by atoms with Crippen LogP contribution in [0.1, 0.15) is 18.7 Å². The van der Waals surface area contributed by atoms with Crippen molar-refractivity contribution < 1.29 is 4.79 Å². The summed E-state index contributed by atoms with van der Waals surface area (Å²) in [4.78, 5) is 12.5. The van der Waals surface area contributed by atoms with Gasteiger partial charge in [0.15, 0.2) is 5.82 Å². The molecule has 0 spiro atoms. The van der Waals surface area contributed by atoms with Crippen LogP contribution in [0.4, 0.5) is 0 Å². The lowest BCUT2D eigenvalue weighted by Gasteiger charge is -2.27. The van der Waals surface area contributed by atoms with E-state index in [9.17, 15) is 4.79 Å². The van der Waals surface area contributed by atoms with Crippen molar-refractivity contribution in [2.45, 2.75) is 25.3 Å². The van der Waals surface area contributed by atoms with Crippen molar-refractivity contribution in [3.8, 4) is 0 Å². The number of rotatable bonds is 3. The van der Waals surface area contributed by atoms with Crippen LogP contribution < -0.4 is 11.1 Å². The van der Waals surface area contributed by atoms with Gasteiger partial charge in [-0.25, -0.2) is 0 Å². The maximum absolute atomic E-state index is 11.1. The molecule has 3 N–H and O–H groups in total. The maximum atomic E-state index is 11.1. The number of primary amides is 1. The molecule has 7 heteroatoms. The average Bonchev–Trinajstić information content (AvgIpc) is 2.64. The summed E-state index contributed by atoms with van der Waals surface area (Å²) >= 11 is 0. The molecule has 16 heavy (non-hydrogen) atoms. The van der Waals surface area contributed by atoms with Crippen LogP contribution in [-0.2, 0) is 18.3 Å². The highest BCUT2D eigenvalue weighted by molar-refractivity contribution is 5.79. The topological polar surface area (TPSA) is 98.7 Å². The standard InChI is InChI=1S/C9H16N6O/c1-15-13-8(12-14-15)5-6-2-3-11-7(4-6)9(10)16/h6-7,11H,2-5H2,1H3,(H2,10,16). The fraction of sp³-hybridized carbons (Fsp3) is 0.778. The number of piperidine rings is 1. The SMILES string of the molecule is Cn1nnc(CC2CCNC(C(N)=O)C2)n1. The van der Waals surface area contributed by atoms with E-state index in [0.29, 0.717) is 5.92 Å². The first-order valence-electron chi connectivity index (χ1n) is 5.40. The Labute approximate surface area is 93.4 Å². The van der Waals surface area contributed by atoms with E-state index in [0.717, 1.165) is 31.6 Å². The molecule has 0 aliphatic carbocycles. The summed E-state index contributed by atoms with van der Waals surface area (Å²) in [5.74, 6) is 0.859. The molecule has 0 saturated carbocycles. The van der Waals surface area contributed by atoms with Crippen LogP contribution in [0.5, 0.6) is 0 Å². The van der Waals surface area contributed by atoms with E-state index in [1.165, 1.54) is 4.80 Å². The number of hydrogen-bond acceptors (Lipinski definition) is 5. The van der Waals surface area contributed by atoms with Gasteiger partial charge in [0.1, 0.15) is 0 Å². The molecule has 1 aromatic rings. The lowest BCUT2D eigenvalue weighted by molar-refractivity contribution is -0.120. The van der Waals surface area contributed by atoms with Gasteiger partial charge in [-0.05, 0) is 30.5 Å². The molecule has 0 aromatic carbocycles. The van der Waals surface area contributed by atoms with Crippen LogP contribution in [-0.4, -0.2) is 38.7 Å². The van der Waals surface area contributed by atoms with Crippen molar-refractivity contribution in [1.82, 2.24) is 25.5 Å². The lowest BCUT2D eigenvalue weighted by atomic mass is 9.89. The van der Waals surface area contributed by atoms with Crippen LogP contribution in [0.2, 0.25) is 0 Å². The van der Waals surface area contributed by atoms with Gasteiger partial charge in [-0.15, -0.1) is 10.2 Å². The van der Waals surface area contributed by atoms with Gasteiger partial charge in [-0.1, -0.05) is 0 Å². The highest BCUT2D eigenvalue weighted by Gasteiger charge is 2.26. The first kappa shape index (κ1) is 11.0. The largest absolute Gasteiger partial charge is 0.368 e. The number of hydrogen-bond donors (Lipinski definition) is 2. The van der Waals surface area contributed by atoms with E-state index in [1.807, 2.05) is 0 Å². The highest BCUT2D eigenvalue weighted by Crippen LogP contribution is 2.19. The van der Waals surface area contributed by atoms with Crippen molar-refractivity contribution in [2.75, 3.05) is 6.54 Å². The van der Waals surface area contributed by atoms with Crippen LogP contribution in [0.25, 0.3) is 0 Å². The molecule has 88 valence electrons.